The van der Waals surface area contributed by atoms with Gasteiger partial charge in [0.05, 0.1) is 4.92 Å². The molecule has 80 valence electrons. The molecule has 0 spiro atoms. The number of ketones is 1. The third-order valence-electron chi connectivity index (χ3n) is 1.78. The van der Waals surface area contributed by atoms with E-state index in [4.69, 9.17) is 0 Å². The molecular weight excluding hydrogens is 204 g/mol. The number of rotatable bonds is 4. The number of halogens is 1. The number of hydrogen-bond acceptors (Lipinski definition) is 4. The third-order valence-corrected chi connectivity index (χ3v) is 1.78. The summed E-state index contributed by atoms with van der Waals surface area (Å²) >= 11 is 0. The predicted molar refractivity (Wildman–Crippen MR) is 49.3 cm³/mol. The van der Waals surface area contributed by atoms with Crippen molar-refractivity contribution in [2.45, 2.75) is 6.36 Å². The molecule has 0 fully saturated rings. The van der Waals surface area contributed by atoms with E-state index in [0.717, 1.165) is 19.2 Å². The number of ether oxygens (including phenoxy) is 1. The fourth-order valence-electron chi connectivity index (χ4n) is 0.985. The van der Waals surface area contributed by atoms with E-state index in [9.17, 15) is 19.3 Å². The van der Waals surface area contributed by atoms with Gasteiger partial charge in [0.25, 0.3) is 12.0 Å². The van der Waals surface area contributed by atoms with Crippen LogP contribution in [-0.4, -0.2) is 24.2 Å². The zero-order valence-corrected chi connectivity index (χ0v) is 7.84. The standard InChI is InChI=1S/C9H8FNO4/c1-15-9(10)8(12)6-2-4-7(5-3-6)11(13)14/h2-5,9H,1H3/i10-1. The lowest BCUT2D eigenvalue weighted by Crippen LogP contribution is -2.17. The fraction of sp³-hybridized carbons (Fsp3) is 0.222. The van der Waals surface area contributed by atoms with Gasteiger partial charge in [-0.1, -0.05) is 0 Å². The van der Waals surface area contributed by atoms with Crippen molar-refractivity contribution in [1.29, 1.82) is 0 Å². The number of Topliss-reactive ketones (excluding diaryl/α,β-unsaturated/α-hetero) is 1. The maximum atomic E-state index is 12.8. The molecular formula is C9H8FNO4. The number of hydrogen-bond donors (Lipinski definition) is 0. The van der Waals surface area contributed by atoms with Crippen molar-refractivity contribution in [3.63, 3.8) is 0 Å². The third kappa shape index (κ3) is 2.57. The lowest BCUT2D eigenvalue weighted by atomic mass is 10.1. The number of nitro benzene ring substituents is 1. The number of methoxy groups -OCH3 is 1. The fourth-order valence-corrected chi connectivity index (χ4v) is 0.985. The summed E-state index contributed by atoms with van der Waals surface area (Å²) in [5.41, 5.74) is -0.116. The molecule has 0 aliphatic rings. The molecule has 15 heavy (non-hydrogen) atoms. The van der Waals surface area contributed by atoms with E-state index in [0.29, 0.717) is 0 Å². The highest BCUT2D eigenvalue weighted by Crippen LogP contribution is 2.14. The van der Waals surface area contributed by atoms with E-state index in [1.54, 1.807) is 0 Å². The van der Waals surface area contributed by atoms with Gasteiger partial charge < -0.3 is 4.74 Å². The molecule has 0 amide bonds. The number of nitrogens with zero attached hydrogens (tertiary/aromatic N) is 1. The van der Waals surface area contributed by atoms with Gasteiger partial charge >= 0.3 is 0 Å². The van der Waals surface area contributed by atoms with Crippen LogP contribution in [0.1, 0.15) is 10.4 Å². The Kier molecular flexibility index (Phi) is 3.46. The first-order chi connectivity index (χ1) is 7.06. The van der Waals surface area contributed by atoms with Crippen LogP contribution >= 0.6 is 0 Å². The van der Waals surface area contributed by atoms with Gasteiger partial charge in [-0.25, -0.2) is 4.39 Å². The van der Waals surface area contributed by atoms with Gasteiger partial charge in [0.2, 0.25) is 5.78 Å². The number of carbonyl (C=O) groups is 1. The summed E-state index contributed by atoms with van der Waals surface area (Å²) in [4.78, 5) is 20.9. The monoisotopic (exact) mass is 212 g/mol. The van der Waals surface area contributed by atoms with Crippen LogP contribution in [0.25, 0.3) is 0 Å². The molecule has 1 unspecified atom stereocenters. The average molecular weight is 212 g/mol. The molecule has 0 aliphatic carbocycles. The Balaban J connectivity index is 2.89. The van der Waals surface area contributed by atoms with Gasteiger partial charge in [0.15, 0.2) is 0 Å². The van der Waals surface area contributed by atoms with Crippen molar-refractivity contribution in [2.24, 2.45) is 0 Å². The Labute approximate surface area is 84.6 Å². The molecule has 0 radical (unpaired) electrons. The minimum Gasteiger partial charge on any atom is -0.345 e. The van der Waals surface area contributed by atoms with Crippen molar-refractivity contribution in [3.05, 3.63) is 39.9 Å². The second kappa shape index (κ2) is 4.61. The molecule has 0 N–H and O–H groups in total. The summed E-state index contributed by atoms with van der Waals surface area (Å²) in [5.74, 6) is -0.854. The first kappa shape index (κ1) is 11.3. The molecule has 5 nitrogen and oxygen atoms in total. The van der Waals surface area contributed by atoms with Crippen LogP contribution in [0.15, 0.2) is 24.3 Å². The molecule has 0 aliphatic heterocycles. The molecule has 0 aromatic heterocycles. The number of carbonyl (C=O) groups excluding carboxylic acids is 1. The van der Waals surface area contributed by atoms with Crippen molar-refractivity contribution in [2.75, 3.05) is 7.11 Å². The van der Waals surface area contributed by atoms with Crippen LogP contribution in [0.3, 0.4) is 0 Å². The van der Waals surface area contributed by atoms with Crippen molar-refractivity contribution in [3.8, 4) is 0 Å². The van der Waals surface area contributed by atoms with Gasteiger partial charge in [-0.2, -0.15) is 0 Å². The topological polar surface area (TPSA) is 69.4 Å². The van der Waals surface area contributed by atoms with E-state index in [1.807, 2.05) is 0 Å². The van der Waals surface area contributed by atoms with E-state index in [1.165, 1.54) is 12.1 Å². The summed E-state index contributed by atoms with van der Waals surface area (Å²) in [5, 5.41) is 10.3. The molecule has 6 heteroatoms. The van der Waals surface area contributed by atoms with Crippen molar-refractivity contribution >= 4 is 11.5 Å². The average Bonchev–Trinajstić information content (AvgIpc) is 2.27. The molecule has 0 saturated heterocycles. The van der Waals surface area contributed by atoms with Gasteiger partial charge in [-0.15, -0.1) is 0 Å². The first-order valence-electron chi connectivity index (χ1n) is 4.02. The van der Waals surface area contributed by atoms with E-state index in [-0.39, 0.29) is 11.3 Å². The second-order valence-electron chi connectivity index (χ2n) is 2.72. The number of non-ortho nitro benzene ring substituents is 1. The maximum absolute atomic E-state index is 12.8. The largest absolute Gasteiger partial charge is 0.345 e. The maximum Gasteiger partial charge on any atom is 0.269 e. The predicted octanol–water partition coefficient (Wildman–Crippen LogP) is 1.72. The first-order valence-corrected chi connectivity index (χ1v) is 4.02. The van der Waals surface area contributed by atoms with Crippen LogP contribution in [-0.2, 0) is 4.74 Å². The van der Waals surface area contributed by atoms with E-state index in [2.05, 4.69) is 4.74 Å². The highest BCUT2D eigenvalue weighted by atomic mass is 18.2. The Bertz CT molecular complexity index is 376. The highest BCUT2D eigenvalue weighted by molar-refractivity contribution is 5.98. The normalized spacial score (nSPS) is 12.1. The summed E-state index contributed by atoms with van der Waals surface area (Å²) < 4.78 is 17.0. The van der Waals surface area contributed by atoms with Crippen LogP contribution in [0.5, 0.6) is 0 Å². The summed E-state index contributed by atoms with van der Waals surface area (Å²) in [6.07, 6.45) is -2.04. The minimum absolute atomic E-state index is 0.0370. The van der Waals surface area contributed by atoms with Gasteiger partial charge in [-0.3, -0.25) is 14.9 Å². The molecule has 1 aromatic rings. The molecule has 1 atom stereocenters. The molecule has 1 rings (SSSR count). The highest BCUT2D eigenvalue weighted by Gasteiger charge is 2.18. The zero-order chi connectivity index (χ0) is 11.4. The van der Waals surface area contributed by atoms with Crippen LogP contribution in [0.4, 0.5) is 10.1 Å². The summed E-state index contributed by atoms with van der Waals surface area (Å²) in [7, 11) is 1.06. The number of alkyl halides is 1. The number of nitro groups is 1. The summed E-state index contributed by atoms with van der Waals surface area (Å²) in [6, 6.07) is 4.64. The SMILES string of the molecule is COC([18F])C(=O)c1ccc([N+](=O)[O-])cc1. The van der Waals surface area contributed by atoms with E-state index >= 15 is 0 Å². The Morgan fingerprint density at radius 1 is 1.47 bits per heavy atom. The Hall–Kier alpha value is -1.82. The Morgan fingerprint density at radius 2 is 2.00 bits per heavy atom. The summed E-state index contributed by atoms with van der Waals surface area (Å²) in [6.45, 7) is 0. The van der Waals surface area contributed by atoms with Gasteiger partial charge in [0.1, 0.15) is 0 Å². The van der Waals surface area contributed by atoms with Crippen molar-refractivity contribution in [1.82, 2.24) is 0 Å². The van der Waals surface area contributed by atoms with Crippen LogP contribution < -0.4 is 0 Å². The molecule has 0 heterocycles. The lowest BCUT2D eigenvalue weighted by molar-refractivity contribution is -0.384. The molecule has 0 saturated carbocycles. The smallest absolute Gasteiger partial charge is 0.269 e. The molecule has 0 bridgehead atoms. The second-order valence-corrected chi connectivity index (χ2v) is 2.72. The zero-order valence-electron chi connectivity index (χ0n) is 7.84. The van der Waals surface area contributed by atoms with Crippen LogP contribution in [0.2, 0.25) is 0 Å². The van der Waals surface area contributed by atoms with E-state index < -0.39 is 17.1 Å². The lowest BCUT2D eigenvalue weighted by Gasteiger charge is -2.03. The van der Waals surface area contributed by atoms with Gasteiger partial charge in [-0.05, 0) is 12.1 Å². The van der Waals surface area contributed by atoms with Crippen LogP contribution in [0, 0.1) is 10.1 Å². The Morgan fingerprint density at radius 3 is 2.40 bits per heavy atom. The van der Waals surface area contributed by atoms with Crippen molar-refractivity contribution < 1.29 is 18.8 Å². The molecule has 1 aromatic carbocycles. The quantitative estimate of drug-likeness (QED) is 0.433. The number of benzene rings is 1. The minimum atomic E-state index is -2.04. The van der Waals surface area contributed by atoms with Gasteiger partial charge in [0, 0.05) is 24.8 Å².